The molecule has 306 valence electrons. The molecule has 3 aliphatic carbocycles. The topological polar surface area (TPSA) is 8.17 Å². The average Bonchev–Trinajstić information content (AvgIpc) is 3.66. The van der Waals surface area contributed by atoms with Gasteiger partial charge in [0.05, 0.1) is 16.7 Å². The van der Waals surface area contributed by atoms with Gasteiger partial charge in [0.1, 0.15) is 0 Å². The first-order chi connectivity index (χ1) is 31.5. The first-order valence-electron chi connectivity index (χ1n) is 22.7. The largest absolute Gasteiger partial charge is 0.310 e. The van der Waals surface area contributed by atoms with Crippen molar-refractivity contribution < 1.29 is 0 Å². The number of allylic oxidation sites excluding steroid dienone is 9. The monoisotopic (exact) mass is 820 g/mol. The van der Waals surface area contributed by atoms with Crippen LogP contribution >= 0.6 is 0 Å². The van der Waals surface area contributed by atoms with Gasteiger partial charge in [0.25, 0.3) is 0 Å². The Morgan fingerprint density at radius 2 is 1.19 bits per heavy atom. The van der Waals surface area contributed by atoms with E-state index in [-0.39, 0.29) is 11.3 Å². The van der Waals surface area contributed by atoms with Crippen molar-refractivity contribution in [2.45, 2.75) is 32.1 Å². The predicted molar refractivity (Wildman–Crippen MR) is 272 cm³/mol. The van der Waals surface area contributed by atoms with Gasteiger partial charge in [0.2, 0.25) is 0 Å². The minimum absolute atomic E-state index is 0.137. The number of benzene rings is 8. The summed E-state index contributed by atoms with van der Waals surface area (Å²) >= 11 is 0. The van der Waals surface area contributed by atoms with Gasteiger partial charge in [-0.15, -0.1) is 0 Å². The van der Waals surface area contributed by atoms with Gasteiger partial charge in [-0.2, -0.15) is 0 Å². The van der Waals surface area contributed by atoms with E-state index in [2.05, 4.69) is 248 Å². The molecule has 1 aromatic heterocycles. The lowest BCUT2D eigenvalue weighted by Gasteiger charge is -2.30. The third-order valence-electron chi connectivity index (χ3n) is 14.0. The summed E-state index contributed by atoms with van der Waals surface area (Å²) in [7, 11) is 0. The van der Waals surface area contributed by atoms with Gasteiger partial charge in [-0.3, -0.25) is 0 Å². The fraction of sp³-hybridized carbons (Fsp3) is 0.0968. The molecule has 12 rings (SSSR count). The summed E-state index contributed by atoms with van der Waals surface area (Å²) in [5.74, 6) is 0.250. The number of fused-ring (bicyclic) bond motifs is 8. The minimum Gasteiger partial charge on any atom is -0.310 e. The van der Waals surface area contributed by atoms with Crippen LogP contribution in [0.3, 0.4) is 0 Å². The zero-order chi connectivity index (χ0) is 42.8. The van der Waals surface area contributed by atoms with E-state index in [0.717, 1.165) is 35.6 Å². The quantitative estimate of drug-likeness (QED) is 0.155. The molecule has 9 aromatic rings. The fourth-order valence-electron chi connectivity index (χ4n) is 10.7. The average molecular weight is 821 g/mol. The molecule has 8 aromatic carbocycles. The third kappa shape index (κ3) is 6.24. The number of rotatable bonds is 7. The molecule has 3 aliphatic rings. The Balaban J connectivity index is 1.05. The summed E-state index contributed by atoms with van der Waals surface area (Å²) in [6.07, 6.45) is 20.7. The maximum Gasteiger partial charge on any atom is 0.0568 e. The van der Waals surface area contributed by atoms with Gasteiger partial charge in [-0.05, 0) is 111 Å². The van der Waals surface area contributed by atoms with E-state index in [1.165, 1.54) is 82.7 Å². The molecule has 0 saturated carbocycles. The summed E-state index contributed by atoms with van der Waals surface area (Å²) in [5, 5.41) is 4.97. The maximum atomic E-state index is 2.52. The van der Waals surface area contributed by atoms with Crippen LogP contribution in [0.1, 0.15) is 37.8 Å². The first kappa shape index (κ1) is 38.0. The van der Waals surface area contributed by atoms with E-state index in [0.29, 0.717) is 0 Å². The van der Waals surface area contributed by atoms with Crippen LogP contribution in [0.25, 0.3) is 71.6 Å². The molecule has 0 amide bonds. The Morgan fingerprint density at radius 3 is 1.95 bits per heavy atom. The Labute approximate surface area is 375 Å². The van der Waals surface area contributed by atoms with E-state index in [9.17, 15) is 0 Å². The van der Waals surface area contributed by atoms with Crippen molar-refractivity contribution in [3.63, 3.8) is 0 Å². The normalized spacial score (nSPS) is 16.1. The molecule has 0 saturated heterocycles. The van der Waals surface area contributed by atoms with E-state index in [4.69, 9.17) is 0 Å². The van der Waals surface area contributed by atoms with E-state index < -0.39 is 0 Å². The number of hydrogen-bond donors (Lipinski definition) is 0. The van der Waals surface area contributed by atoms with Crippen molar-refractivity contribution in [2.24, 2.45) is 5.92 Å². The second kappa shape index (κ2) is 15.3. The van der Waals surface area contributed by atoms with Crippen molar-refractivity contribution in [2.75, 3.05) is 4.90 Å². The summed E-state index contributed by atoms with van der Waals surface area (Å²) in [6, 6.07) is 65.1. The molecule has 0 aliphatic heterocycles. The molecule has 1 heterocycles. The SMILES string of the molecule is CC1(C)c2ccccc2-c2ccc(N(C3=CC=CC(C4=CC=CCC4)C=C3)c3cc4c(c5ccccc35)c3ccccc3n4-c3ccc(-c4ccc(-c5ccccc5)cc4)cc3)cc21. The minimum atomic E-state index is -0.137. The van der Waals surface area contributed by atoms with Crippen molar-refractivity contribution in [1.82, 2.24) is 4.57 Å². The number of anilines is 2. The highest BCUT2D eigenvalue weighted by Crippen LogP contribution is 2.51. The predicted octanol–water partition coefficient (Wildman–Crippen LogP) is 16.6. The lowest BCUT2D eigenvalue weighted by Crippen LogP contribution is -2.18. The van der Waals surface area contributed by atoms with Crippen molar-refractivity contribution >= 4 is 44.0 Å². The molecule has 0 spiro atoms. The lowest BCUT2D eigenvalue weighted by atomic mass is 9.82. The van der Waals surface area contributed by atoms with E-state index in [1.54, 1.807) is 0 Å². The van der Waals surface area contributed by atoms with Gasteiger partial charge < -0.3 is 9.47 Å². The standard InChI is InChI=1S/C62H48N2/c1-62(2)56-26-13-11-22-51(56)52-39-38-50(40-57(52)62)63(48-21-15-20-44(32-35-48)42-16-5-3-6-17-42)59-41-60-61(54-24-10-9-23-53(54)59)55-25-12-14-27-58(55)64(60)49-36-33-47(34-37-49)46-30-28-45(29-31-46)43-18-7-4-8-19-43/h3-5,7-16,18-41,44H,6,17H2,1-2H3. The summed E-state index contributed by atoms with van der Waals surface area (Å²) < 4.78 is 2.47. The number of aromatic nitrogens is 1. The first-order valence-corrected chi connectivity index (χ1v) is 22.7. The second-order valence-corrected chi connectivity index (χ2v) is 18.0. The highest BCUT2D eigenvalue weighted by Gasteiger charge is 2.36. The molecule has 1 unspecified atom stereocenters. The molecule has 0 radical (unpaired) electrons. The summed E-state index contributed by atoms with van der Waals surface area (Å²) in [6.45, 7) is 4.75. The molecule has 2 heteroatoms. The smallest absolute Gasteiger partial charge is 0.0568 e. The van der Waals surface area contributed by atoms with Crippen LogP contribution < -0.4 is 4.90 Å². The summed E-state index contributed by atoms with van der Waals surface area (Å²) in [4.78, 5) is 2.52. The Morgan fingerprint density at radius 1 is 0.531 bits per heavy atom. The maximum absolute atomic E-state index is 2.52. The van der Waals surface area contributed by atoms with Crippen LogP contribution in [0.5, 0.6) is 0 Å². The van der Waals surface area contributed by atoms with Crippen LogP contribution in [0.2, 0.25) is 0 Å². The molecule has 1 atom stereocenters. The Bertz CT molecular complexity index is 3440. The molecular weight excluding hydrogens is 773 g/mol. The molecule has 0 N–H and O–H groups in total. The van der Waals surface area contributed by atoms with E-state index >= 15 is 0 Å². The summed E-state index contributed by atoms with van der Waals surface area (Å²) in [5.41, 5.74) is 18.5. The van der Waals surface area contributed by atoms with Gasteiger partial charge in [-0.25, -0.2) is 0 Å². The van der Waals surface area contributed by atoms with Crippen LogP contribution in [-0.2, 0) is 5.41 Å². The molecule has 2 nitrogen and oxygen atoms in total. The van der Waals surface area contributed by atoms with Crippen LogP contribution in [0, 0.1) is 5.92 Å². The van der Waals surface area contributed by atoms with E-state index in [1.807, 2.05) is 0 Å². The van der Waals surface area contributed by atoms with Gasteiger partial charge in [-0.1, -0.05) is 195 Å². The van der Waals surface area contributed by atoms with Gasteiger partial charge in [0, 0.05) is 44.6 Å². The molecule has 64 heavy (non-hydrogen) atoms. The molecule has 0 bridgehead atoms. The highest BCUT2D eigenvalue weighted by molar-refractivity contribution is 6.24. The highest BCUT2D eigenvalue weighted by atomic mass is 15.2. The van der Waals surface area contributed by atoms with Crippen LogP contribution in [-0.4, -0.2) is 4.57 Å². The van der Waals surface area contributed by atoms with Crippen molar-refractivity contribution in [3.8, 4) is 39.1 Å². The zero-order valence-corrected chi connectivity index (χ0v) is 36.2. The van der Waals surface area contributed by atoms with Crippen LogP contribution in [0.15, 0.2) is 236 Å². The Hall–Kier alpha value is -7.68. The number of hydrogen-bond acceptors (Lipinski definition) is 1. The fourth-order valence-corrected chi connectivity index (χ4v) is 10.7. The number of para-hydroxylation sites is 1. The van der Waals surface area contributed by atoms with Gasteiger partial charge >= 0.3 is 0 Å². The zero-order valence-electron chi connectivity index (χ0n) is 36.2. The van der Waals surface area contributed by atoms with Crippen LogP contribution in [0.4, 0.5) is 11.4 Å². The van der Waals surface area contributed by atoms with Crippen molar-refractivity contribution in [3.05, 3.63) is 247 Å². The number of nitrogens with zero attached hydrogens (tertiary/aromatic N) is 2. The third-order valence-corrected chi connectivity index (χ3v) is 14.0. The van der Waals surface area contributed by atoms with Gasteiger partial charge in [0.15, 0.2) is 0 Å². The Kier molecular flexibility index (Phi) is 9.09. The molecule has 0 fully saturated rings. The van der Waals surface area contributed by atoms with Crippen molar-refractivity contribution in [1.29, 1.82) is 0 Å². The second-order valence-electron chi connectivity index (χ2n) is 18.0. The molecular formula is C62H48N2. The lowest BCUT2D eigenvalue weighted by molar-refractivity contribution is 0.660.